The molecule has 0 spiro atoms. The summed E-state index contributed by atoms with van der Waals surface area (Å²) in [5.74, 6) is -1.08. The molecule has 35 heavy (non-hydrogen) atoms. The van der Waals surface area contributed by atoms with E-state index in [1.165, 1.54) is 22.8 Å². The quantitative estimate of drug-likeness (QED) is 0.410. The van der Waals surface area contributed by atoms with E-state index in [4.69, 9.17) is 0 Å². The number of aromatic nitrogens is 1. The van der Waals surface area contributed by atoms with Gasteiger partial charge < -0.3 is 5.11 Å². The largest absolute Gasteiger partial charge is 0.867 e. The first-order valence-corrected chi connectivity index (χ1v) is 12.4. The Balaban J connectivity index is 1.63. The minimum atomic E-state index is -4.23. The first kappa shape index (κ1) is 22.4. The highest BCUT2D eigenvalue weighted by Crippen LogP contribution is 2.28. The Morgan fingerprint density at radius 2 is 1.26 bits per heavy atom. The zero-order chi connectivity index (χ0) is 24.4. The molecule has 0 amide bonds. The van der Waals surface area contributed by atoms with Gasteiger partial charge in [0.15, 0.2) is 18.1 Å². The van der Waals surface area contributed by atoms with Crippen molar-refractivity contribution in [3.63, 3.8) is 0 Å². The molecule has 1 heterocycles. The third-order valence-electron chi connectivity index (χ3n) is 5.73. The average Bonchev–Trinajstić information content (AvgIpc) is 2.89. The lowest BCUT2D eigenvalue weighted by molar-refractivity contribution is -0.577. The molecule has 172 valence electrons. The summed E-state index contributed by atoms with van der Waals surface area (Å²) in [5.41, 5.74) is 1.97. The van der Waals surface area contributed by atoms with Crippen molar-refractivity contribution in [2.75, 3.05) is 0 Å². The fourth-order valence-corrected chi connectivity index (χ4v) is 5.01. The molecular weight excluding hydrogens is 460 g/mol. The number of hydrogen-bond donors (Lipinski definition) is 0. The Bertz CT molecular complexity index is 1580. The van der Waals surface area contributed by atoms with Crippen LogP contribution in [-0.2, 0) is 16.4 Å². The summed E-state index contributed by atoms with van der Waals surface area (Å²) in [4.78, 5) is 13.3. The van der Waals surface area contributed by atoms with E-state index in [1.54, 1.807) is 48.8 Å². The van der Waals surface area contributed by atoms with Crippen molar-refractivity contribution < 1.29 is 22.9 Å². The number of Topliss-reactive ketones (excluding diaryl/α,β-unsaturated/α-hetero) is 1. The predicted molar refractivity (Wildman–Crippen MR) is 131 cm³/mol. The Labute approximate surface area is 203 Å². The normalized spacial score (nSPS) is 14.7. The van der Waals surface area contributed by atoms with Gasteiger partial charge in [0.05, 0.1) is 4.90 Å². The van der Waals surface area contributed by atoms with E-state index in [9.17, 15) is 18.3 Å². The number of hydrogen-bond acceptors (Lipinski definition) is 4. The highest BCUT2D eigenvalue weighted by molar-refractivity contribution is 7.90. The maximum atomic E-state index is 13.5. The topological polar surface area (TPSA) is 90.5 Å². The van der Waals surface area contributed by atoms with Gasteiger partial charge in [0.25, 0.3) is 10.0 Å². The highest BCUT2D eigenvalue weighted by atomic mass is 32.2. The fraction of sp³-hybridized carbons (Fsp3) is 0.0357. The van der Waals surface area contributed by atoms with Crippen LogP contribution in [0.3, 0.4) is 0 Å². The molecule has 1 aliphatic rings. The van der Waals surface area contributed by atoms with E-state index in [-0.39, 0.29) is 21.7 Å². The SMILES string of the molecule is O=C1/C(=N\S(=O)(=O)c2ccccc2)C([n+]2ccc(Cc3ccccc3)cc2)=C([O-])c2ccccc21. The second-order valence-electron chi connectivity index (χ2n) is 8.06. The average molecular weight is 481 g/mol. The van der Waals surface area contributed by atoms with Gasteiger partial charge in [-0.1, -0.05) is 72.8 Å². The number of carbonyl (C=O) groups is 1. The van der Waals surface area contributed by atoms with Crippen LogP contribution in [0.4, 0.5) is 0 Å². The Morgan fingerprint density at radius 1 is 0.714 bits per heavy atom. The zero-order valence-corrected chi connectivity index (χ0v) is 19.4. The van der Waals surface area contributed by atoms with Crippen LogP contribution >= 0.6 is 0 Å². The van der Waals surface area contributed by atoms with Crippen LogP contribution in [0.5, 0.6) is 0 Å². The molecule has 5 rings (SSSR count). The second-order valence-corrected chi connectivity index (χ2v) is 9.66. The Kier molecular flexibility index (Phi) is 5.84. The van der Waals surface area contributed by atoms with Gasteiger partial charge in [0, 0.05) is 17.7 Å². The van der Waals surface area contributed by atoms with E-state index in [0.717, 1.165) is 11.1 Å². The summed E-state index contributed by atoms with van der Waals surface area (Å²) in [7, 11) is -4.23. The lowest BCUT2D eigenvalue weighted by Crippen LogP contribution is -2.43. The molecule has 0 N–H and O–H groups in total. The van der Waals surface area contributed by atoms with Crippen molar-refractivity contribution in [2.24, 2.45) is 4.40 Å². The van der Waals surface area contributed by atoms with Crippen LogP contribution in [0.15, 0.2) is 119 Å². The molecule has 0 bridgehead atoms. The van der Waals surface area contributed by atoms with E-state index < -0.39 is 27.3 Å². The molecule has 7 heteroatoms. The standard InChI is InChI=1S/C28H20N2O4S/c31-27-23-13-7-8-14-24(23)28(32)26(25(27)29-35(33,34)22-11-5-2-6-12-22)30-17-15-21(16-18-30)19-20-9-3-1-4-10-20/h1-18H,19H2. The van der Waals surface area contributed by atoms with Gasteiger partial charge in [-0.25, -0.2) is 0 Å². The van der Waals surface area contributed by atoms with E-state index in [1.807, 2.05) is 42.5 Å². The molecule has 0 unspecified atom stereocenters. The first-order chi connectivity index (χ1) is 16.9. The third kappa shape index (κ3) is 4.41. The maximum absolute atomic E-state index is 13.5. The van der Waals surface area contributed by atoms with E-state index in [0.29, 0.717) is 6.42 Å². The Morgan fingerprint density at radius 3 is 1.91 bits per heavy atom. The summed E-state index contributed by atoms with van der Waals surface area (Å²) in [6, 6.07) is 27.6. The van der Waals surface area contributed by atoms with Crippen molar-refractivity contribution in [1.29, 1.82) is 0 Å². The Hall–Kier alpha value is -4.36. The van der Waals surface area contributed by atoms with Crippen molar-refractivity contribution in [2.45, 2.75) is 11.3 Å². The van der Waals surface area contributed by atoms with Crippen LogP contribution in [-0.4, -0.2) is 19.9 Å². The number of allylic oxidation sites excluding steroid dienone is 1. The van der Waals surface area contributed by atoms with Crippen molar-refractivity contribution in [1.82, 2.24) is 0 Å². The number of pyridine rings is 1. The van der Waals surface area contributed by atoms with Crippen LogP contribution in [0, 0.1) is 0 Å². The molecule has 6 nitrogen and oxygen atoms in total. The molecule has 0 fully saturated rings. The molecule has 4 aromatic rings. The van der Waals surface area contributed by atoms with Crippen molar-refractivity contribution in [3.05, 3.63) is 132 Å². The number of sulfonamides is 1. The molecule has 1 aliphatic carbocycles. The van der Waals surface area contributed by atoms with Gasteiger partial charge >= 0.3 is 0 Å². The van der Waals surface area contributed by atoms with E-state index >= 15 is 0 Å². The monoisotopic (exact) mass is 480 g/mol. The summed E-state index contributed by atoms with van der Waals surface area (Å²) in [5, 5.41) is 13.5. The smallest absolute Gasteiger partial charge is 0.283 e. The first-order valence-electron chi connectivity index (χ1n) is 10.9. The second kappa shape index (κ2) is 9.12. The van der Waals surface area contributed by atoms with Gasteiger partial charge in [-0.3, -0.25) is 4.79 Å². The van der Waals surface area contributed by atoms with Gasteiger partial charge in [-0.2, -0.15) is 13.0 Å². The summed E-state index contributed by atoms with van der Waals surface area (Å²) in [6.07, 6.45) is 3.99. The summed E-state index contributed by atoms with van der Waals surface area (Å²) >= 11 is 0. The van der Waals surface area contributed by atoms with Crippen molar-refractivity contribution in [3.8, 4) is 0 Å². The molecule has 0 atom stereocenters. The molecule has 0 aliphatic heterocycles. The lowest BCUT2D eigenvalue weighted by Gasteiger charge is -2.23. The molecule has 1 aromatic heterocycles. The van der Waals surface area contributed by atoms with Crippen LogP contribution in [0.1, 0.15) is 27.0 Å². The van der Waals surface area contributed by atoms with Crippen LogP contribution in [0.25, 0.3) is 11.5 Å². The number of benzene rings is 3. The minimum absolute atomic E-state index is 0.0610. The number of carbonyl (C=O) groups excluding carboxylic acids is 1. The summed E-state index contributed by atoms with van der Waals surface area (Å²) in [6.45, 7) is 0. The van der Waals surface area contributed by atoms with Gasteiger partial charge in [-0.05, 0) is 41.0 Å². The van der Waals surface area contributed by atoms with Crippen LogP contribution in [0.2, 0.25) is 0 Å². The minimum Gasteiger partial charge on any atom is -0.867 e. The van der Waals surface area contributed by atoms with Gasteiger partial charge in [0.1, 0.15) is 0 Å². The van der Waals surface area contributed by atoms with Crippen molar-refractivity contribution >= 4 is 33.0 Å². The van der Waals surface area contributed by atoms with Gasteiger partial charge in [-0.15, -0.1) is 4.40 Å². The number of rotatable bonds is 5. The predicted octanol–water partition coefficient (Wildman–Crippen LogP) is 3.28. The zero-order valence-electron chi connectivity index (χ0n) is 18.5. The van der Waals surface area contributed by atoms with Gasteiger partial charge in [0.2, 0.25) is 11.5 Å². The molecular formula is C28H20N2O4S. The molecule has 0 saturated carbocycles. The number of ketones is 1. The molecule has 0 radical (unpaired) electrons. The molecule has 0 saturated heterocycles. The number of nitrogens with zero attached hydrogens (tertiary/aromatic N) is 2. The maximum Gasteiger partial charge on any atom is 0.283 e. The van der Waals surface area contributed by atoms with Crippen LogP contribution < -0.4 is 9.67 Å². The van der Waals surface area contributed by atoms with E-state index in [2.05, 4.69) is 4.40 Å². The molecule has 3 aromatic carbocycles. The lowest BCUT2D eigenvalue weighted by atomic mass is 9.91. The highest BCUT2D eigenvalue weighted by Gasteiger charge is 2.35. The summed E-state index contributed by atoms with van der Waals surface area (Å²) < 4.78 is 31.4. The third-order valence-corrected chi connectivity index (χ3v) is 7.02. The number of fused-ring (bicyclic) bond motifs is 1. The fourth-order valence-electron chi connectivity index (χ4n) is 3.99.